The zero-order chi connectivity index (χ0) is 17.4. The van der Waals surface area contributed by atoms with E-state index in [-0.39, 0.29) is 11.8 Å². The van der Waals surface area contributed by atoms with Crippen LogP contribution in [-0.4, -0.2) is 47.3 Å². The van der Waals surface area contributed by atoms with Gasteiger partial charge in [-0.05, 0) is 63.9 Å². The van der Waals surface area contributed by atoms with Gasteiger partial charge in [0.05, 0.1) is 5.03 Å². The number of piperidine rings is 3. The number of fused-ring (bicyclic) bond motifs is 3. The summed E-state index contributed by atoms with van der Waals surface area (Å²) in [5, 5.41) is 1.21. The molecule has 0 aromatic heterocycles. The van der Waals surface area contributed by atoms with Gasteiger partial charge in [0.15, 0.2) is 5.78 Å². The zero-order valence-electron chi connectivity index (χ0n) is 15.0. The van der Waals surface area contributed by atoms with Crippen LogP contribution >= 0.6 is 11.8 Å². The first-order chi connectivity index (χ1) is 12.1. The van der Waals surface area contributed by atoms with Gasteiger partial charge in [-0.25, -0.2) is 0 Å². The molecule has 132 valence electrons. The standard InChI is InChI=1S/C21H26N2OS/c1-15-6-8-18(9-7-15)25-21-5-3-4-19(16(2)24)23(21)20-14-22-12-10-17(20)11-13-22/h3-9,17,19-20H,10-14H2,1-2H3/t19?,20-/m0/s1. The molecule has 2 bridgehead atoms. The van der Waals surface area contributed by atoms with Crippen LogP contribution in [0.2, 0.25) is 0 Å². The fourth-order valence-corrected chi connectivity index (χ4v) is 5.34. The lowest BCUT2D eigenvalue weighted by Crippen LogP contribution is -2.60. The van der Waals surface area contributed by atoms with E-state index in [1.54, 1.807) is 18.7 Å². The highest BCUT2D eigenvalue weighted by atomic mass is 32.2. The highest BCUT2D eigenvalue weighted by Gasteiger charge is 2.41. The third-order valence-corrected chi connectivity index (χ3v) is 6.79. The summed E-state index contributed by atoms with van der Waals surface area (Å²) < 4.78 is 0. The van der Waals surface area contributed by atoms with Crippen molar-refractivity contribution >= 4 is 17.5 Å². The number of rotatable bonds is 4. The monoisotopic (exact) mass is 354 g/mol. The van der Waals surface area contributed by atoms with Crippen LogP contribution in [0.15, 0.2) is 52.4 Å². The van der Waals surface area contributed by atoms with Crippen molar-refractivity contribution in [1.82, 2.24) is 9.80 Å². The minimum atomic E-state index is -0.122. The molecule has 0 amide bonds. The molecule has 3 saturated heterocycles. The van der Waals surface area contributed by atoms with Gasteiger partial charge in [0, 0.05) is 17.5 Å². The van der Waals surface area contributed by atoms with Crippen LogP contribution in [0.1, 0.15) is 25.3 Å². The molecule has 1 aromatic rings. The summed E-state index contributed by atoms with van der Waals surface area (Å²) in [6.07, 6.45) is 8.83. The number of ketones is 1. The van der Waals surface area contributed by atoms with Crippen molar-refractivity contribution in [2.45, 2.75) is 43.7 Å². The summed E-state index contributed by atoms with van der Waals surface area (Å²) >= 11 is 1.79. The van der Waals surface area contributed by atoms with E-state index in [2.05, 4.69) is 59.2 Å². The van der Waals surface area contributed by atoms with Crippen molar-refractivity contribution in [2.24, 2.45) is 5.92 Å². The molecule has 0 saturated carbocycles. The Morgan fingerprint density at radius 1 is 1.16 bits per heavy atom. The lowest BCUT2D eigenvalue weighted by atomic mass is 9.82. The number of aryl methyl sites for hydroxylation is 1. The molecule has 0 radical (unpaired) electrons. The third-order valence-electron chi connectivity index (χ3n) is 5.73. The Balaban J connectivity index is 1.63. The number of benzene rings is 1. The van der Waals surface area contributed by atoms with Crippen LogP contribution in [0, 0.1) is 12.8 Å². The Hall–Kier alpha value is -1.52. The van der Waals surface area contributed by atoms with E-state index in [9.17, 15) is 4.79 Å². The molecule has 4 aliphatic heterocycles. The Bertz CT molecular complexity index is 701. The van der Waals surface area contributed by atoms with E-state index in [0.717, 1.165) is 6.54 Å². The van der Waals surface area contributed by atoms with Gasteiger partial charge in [-0.1, -0.05) is 41.6 Å². The molecule has 3 nitrogen and oxygen atoms in total. The molecule has 2 atom stereocenters. The number of carbonyl (C=O) groups is 1. The summed E-state index contributed by atoms with van der Waals surface area (Å²) in [5.41, 5.74) is 1.28. The second-order valence-electron chi connectivity index (χ2n) is 7.47. The van der Waals surface area contributed by atoms with Gasteiger partial charge in [-0.2, -0.15) is 0 Å². The van der Waals surface area contributed by atoms with Crippen LogP contribution in [0.25, 0.3) is 0 Å². The molecule has 4 aliphatic rings. The second-order valence-corrected chi connectivity index (χ2v) is 8.57. The second kappa shape index (κ2) is 7.00. The van der Waals surface area contributed by atoms with E-state index in [1.165, 1.54) is 41.4 Å². The highest BCUT2D eigenvalue weighted by molar-refractivity contribution is 8.03. The van der Waals surface area contributed by atoms with Gasteiger partial charge in [0.1, 0.15) is 6.04 Å². The van der Waals surface area contributed by atoms with Gasteiger partial charge in [0.25, 0.3) is 0 Å². The van der Waals surface area contributed by atoms with Crippen molar-refractivity contribution < 1.29 is 4.79 Å². The first-order valence-electron chi connectivity index (χ1n) is 9.26. The normalized spacial score (nSPS) is 31.1. The van der Waals surface area contributed by atoms with Crippen LogP contribution in [0.5, 0.6) is 0 Å². The smallest absolute Gasteiger partial charge is 0.156 e. The van der Waals surface area contributed by atoms with E-state index in [4.69, 9.17) is 0 Å². The minimum Gasteiger partial charge on any atom is -0.348 e. The van der Waals surface area contributed by atoms with E-state index >= 15 is 0 Å². The molecule has 0 N–H and O–H groups in total. The summed E-state index contributed by atoms with van der Waals surface area (Å²) in [5.74, 6) is 0.947. The van der Waals surface area contributed by atoms with E-state index < -0.39 is 0 Å². The van der Waals surface area contributed by atoms with E-state index in [0.29, 0.717) is 12.0 Å². The summed E-state index contributed by atoms with van der Waals surface area (Å²) in [6, 6.07) is 8.99. The van der Waals surface area contributed by atoms with Crippen molar-refractivity contribution in [1.29, 1.82) is 0 Å². The summed E-state index contributed by atoms with van der Waals surface area (Å²) in [6.45, 7) is 7.37. The maximum atomic E-state index is 12.4. The van der Waals surface area contributed by atoms with Crippen LogP contribution in [-0.2, 0) is 4.79 Å². The molecular weight excluding hydrogens is 328 g/mol. The number of Topliss-reactive ketones (excluding diaryl/α,β-unsaturated/α-hetero) is 1. The predicted molar refractivity (Wildman–Crippen MR) is 104 cm³/mol. The third kappa shape index (κ3) is 3.42. The first kappa shape index (κ1) is 16.9. The van der Waals surface area contributed by atoms with Crippen molar-refractivity contribution in [3.05, 3.63) is 53.1 Å². The van der Waals surface area contributed by atoms with E-state index in [1.807, 2.05) is 0 Å². The molecule has 25 heavy (non-hydrogen) atoms. The molecule has 0 aliphatic carbocycles. The molecular formula is C21H26N2OS. The highest BCUT2D eigenvalue weighted by Crippen LogP contribution is 2.40. The quantitative estimate of drug-likeness (QED) is 0.819. The molecule has 1 aromatic carbocycles. The van der Waals surface area contributed by atoms with Gasteiger partial charge in [-0.15, -0.1) is 0 Å². The Morgan fingerprint density at radius 3 is 2.48 bits per heavy atom. The van der Waals surface area contributed by atoms with Gasteiger partial charge >= 0.3 is 0 Å². The zero-order valence-corrected chi connectivity index (χ0v) is 15.8. The number of hydrogen-bond acceptors (Lipinski definition) is 4. The maximum Gasteiger partial charge on any atom is 0.156 e. The SMILES string of the molecule is CC(=O)C1C=CC=C(Sc2ccc(C)cc2)N1[C@H]1CN2CCC1CC2. The molecule has 5 rings (SSSR count). The average Bonchev–Trinajstić information content (AvgIpc) is 2.64. The molecule has 4 heterocycles. The Kier molecular flexibility index (Phi) is 4.74. The van der Waals surface area contributed by atoms with Crippen molar-refractivity contribution in [3.8, 4) is 0 Å². The largest absolute Gasteiger partial charge is 0.348 e. The maximum absolute atomic E-state index is 12.4. The van der Waals surface area contributed by atoms with Crippen LogP contribution in [0.4, 0.5) is 0 Å². The number of thioether (sulfide) groups is 1. The Labute approximate surface area is 154 Å². The number of carbonyl (C=O) groups excluding carboxylic acids is 1. The average molecular weight is 355 g/mol. The lowest BCUT2D eigenvalue weighted by molar-refractivity contribution is -0.121. The predicted octanol–water partition coefficient (Wildman–Crippen LogP) is 3.85. The fraction of sp³-hybridized carbons (Fsp3) is 0.476. The van der Waals surface area contributed by atoms with Crippen LogP contribution < -0.4 is 0 Å². The fourth-order valence-electron chi connectivity index (χ4n) is 4.32. The van der Waals surface area contributed by atoms with Gasteiger partial charge in [0.2, 0.25) is 0 Å². The molecule has 0 spiro atoms. The minimum absolute atomic E-state index is 0.122. The lowest BCUT2D eigenvalue weighted by Gasteiger charge is -2.52. The molecule has 3 fully saturated rings. The van der Waals surface area contributed by atoms with Crippen molar-refractivity contribution in [2.75, 3.05) is 19.6 Å². The topological polar surface area (TPSA) is 23.6 Å². The van der Waals surface area contributed by atoms with Crippen LogP contribution in [0.3, 0.4) is 0 Å². The summed E-state index contributed by atoms with van der Waals surface area (Å²) in [7, 11) is 0. The number of hydrogen-bond donors (Lipinski definition) is 0. The van der Waals surface area contributed by atoms with Crippen molar-refractivity contribution in [3.63, 3.8) is 0 Å². The first-order valence-corrected chi connectivity index (χ1v) is 10.1. The molecule has 4 heteroatoms. The number of allylic oxidation sites excluding steroid dienone is 2. The Morgan fingerprint density at radius 2 is 1.88 bits per heavy atom. The van der Waals surface area contributed by atoms with Gasteiger partial charge in [-0.3, -0.25) is 4.79 Å². The summed E-state index contributed by atoms with van der Waals surface area (Å²) in [4.78, 5) is 18.6. The molecule has 1 unspecified atom stereocenters. The number of nitrogens with zero attached hydrogens (tertiary/aromatic N) is 2. The van der Waals surface area contributed by atoms with Gasteiger partial charge < -0.3 is 9.80 Å².